The van der Waals surface area contributed by atoms with Gasteiger partial charge in [-0.2, -0.15) is 0 Å². The van der Waals surface area contributed by atoms with Crippen molar-refractivity contribution in [2.45, 2.75) is 12.8 Å². The number of hydrogen-bond acceptors (Lipinski definition) is 0. The second-order valence-corrected chi connectivity index (χ2v) is 5.00. The van der Waals surface area contributed by atoms with Gasteiger partial charge >= 0.3 is 0 Å². The quantitative estimate of drug-likeness (QED) is 0.566. The van der Waals surface area contributed by atoms with Gasteiger partial charge in [0.1, 0.15) is 0 Å². The molecular formula is C18H14F2. The first-order valence-electron chi connectivity index (χ1n) is 6.52. The number of hydrogen-bond donors (Lipinski definition) is 0. The molecule has 100 valence electrons. The van der Waals surface area contributed by atoms with Gasteiger partial charge in [-0.25, -0.2) is 8.78 Å². The van der Waals surface area contributed by atoms with Crippen LogP contribution in [0.5, 0.6) is 0 Å². The van der Waals surface area contributed by atoms with E-state index in [-0.39, 0.29) is 5.56 Å². The summed E-state index contributed by atoms with van der Waals surface area (Å²) in [6, 6.07) is 20.5. The van der Waals surface area contributed by atoms with E-state index in [1.165, 1.54) is 6.07 Å². The number of alkyl halides is 2. The second kappa shape index (κ2) is 4.71. The molecule has 2 heteroatoms. The zero-order chi connectivity index (χ0) is 14.2. The number of rotatable bonds is 2. The molecule has 0 atom stereocenters. The Morgan fingerprint density at radius 1 is 0.800 bits per heavy atom. The Morgan fingerprint density at radius 2 is 1.50 bits per heavy atom. The summed E-state index contributed by atoms with van der Waals surface area (Å²) in [6.45, 7) is 0.926. The third-order valence-corrected chi connectivity index (χ3v) is 3.47. The lowest BCUT2D eigenvalue weighted by atomic mass is 9.96. The van der Waals surface area contributed by atoms with Crippen molar-refractivity contribution >= 4 is 10.8 Å². The predicted octanol–water partition coefficient (Wildman–Crippen LogP) is 5.62. The van der Waals surface area contributed by atoms with Crippen molar-refractivity contribution in [2.24, 2.45) is 0 Å². The van der Waals surface area contributed by atoms with Crippen LogP contribution in [0.25, 0.3) is 21.9 Å². The summed E-state index contributed by atoms with van der Waals surface area (Å²) in [5.41, 5.74) is 1.85. The fourth-order valence-electron chi connectivity index (χ4n) is 2.44. The van der Waals surface area contributed by atoms with Crippen LogP contribution >= 0.6 is 0 Å². The molecular weight excluding hydrogens is 254 g/mol. The van der Waals surface area contributed by atoms with E-state index in [0.29, 0.717) is 0 Å². The van der Waals surface area contributed by atoms with E-state index in [9.17, 15) is 8.78 Å². The first kappa shape index (κ1) is 12.8. The van der Waals surface area contributed by atoms with Gasteiger partial charge in [0.05, 0.1) is 0 Å². The lowest BCUT2D eigenvalue weighted by Gasteiger charge is -2.13. The van der Waals surface area contributed by atoms with Crippen molar-refractivity contribution in [1.82, 2.24) is 0 Å². The first-order chi connectivity index (χ1) is 9.55. The molecule has 3 rings (SSSR count). The molecule has 0 saturated carbocycles. The SMILES string of the molecule is CC(F)(F)c1cccc(-c2cccc3ccccc23)c1. The highest BCUT2D eigenvalue weighted by Crippen LogP contribution is 2.33. The molecule has 0 radical (unpaired) electrons. The van der Waals surface area contributed by atoms with Gasteiger partial charge in [-0.3, -0.25) is 0 Å². The molecule has 3 aromatic rings. The normalized spacial score (nSPS) is 11.8. The van der Waals surface area contributed by atoms with Gasteiger partial charge in [0.25, 0.3) is 5.92 Å². The van der Waals surface area contributed by atoms with Gasteiger partial charge in [-0.05, 0) is 28.0 Å². The lowest BCUT2D eigenvalue weighted by molar-refractivity contribution is 0.0175. The minimum Gasteiger partial charge on any atom is -0.202 e. The molecule has 0 aliphatic heterocycles. The summed E-state index contributed by atoms with van der Waals surface area (Å²) < 4.78 is 26.9. The molecule has 20 heavy (non-hydrogen) atoms. The van der Waals surface area contributed by atoms with Gasteiger partial charge in [-0.1, -0.05) is 60.7 Å². The summed E-state index contributed by atoms with van der Waals surface area (Å²) in [4.78, 5) is 0. The highest BCUT2D eigenvalue weighted by Gasteiger charge is 2.24. The average molecular weight is 268 g/mol. The fraction of sp³-hybridized carbons (Fsp3) is 0.111. The van der Waals surface area contributed by atoms with Crippen LogP contribution in [0, 0.1) is 0 Å². The number of fused-ring (bicyclic) bond motifs is 1. The molecule has 0 spiro atoms. The molecule has 0 aliphatic carbocycles. The Balaban J connectivity index is 2.21. The van der Waals surface area contributed by atoms with Gasteiger partial charge in [-0.15, -0.1) is 0 Å². The van der Waals surface area contributed by atoms with Crippen LogP contribution < -0.4 is 0 Å². The van der Waals surface area contributed by atoms with Gasteiger partial charge in [0.2, 0.25) is 0 Å². The van der Waals surface area contributed by atoms with Crippen LogP contribution in [-0.4, -0.2) is 0 Å². The summed E-state index contributed by atoms with van der Waals surface area (Å²) in [5.74, 6) is -2.82. The average Bonchev–Trinajstić information content (AvgIpc) is 2.46. The topological polar surface area (TPSA) is 0 Å². The molecule has 0 N–H and O–H groups in total. The largest absolute Gasteiger partial charge is 0.270 e. The maximum Gasteiger partial charge on any atom is 0.270 e. The molecule has 0 fully saturated rings. The molecule has 0 unspecified atom stereocenters. The predicted molar refractivity (Wildman–Crippen MR) is 79.0 cm³/mol. The van der Waals surface area contributed by atoms with Gasteiger partial charge in [0.15, 0.2) is 0 Å². The molecule has 0 saturated heterocycles. The Morgan fingerprint density at radius 3 is 2.30 bits per heavy atom. The highest BCUT2D eigenvalue weighted by atomic mass is 19.3. The molecule has 0 bridgehead atoms. The second-order valence-electron chi connectivity index (χ2n) is 5.00. The van der Waals surface area contributed by atoms with E-state index in [1.54, 1.807) is 12.1 Å². The Kier molecular flexibility index (Phi) is 3.01. The zero-order valence-electron chi connectivity index (χ0n) is 11.1. The third kappa shape index (κ3) is 2.29. The van der Waals surface area contributed by atoms with E-state index in [1.807, 2.05) is 48.5 Å². The number of benzene rings is 3. The molecule has 3 aromatic carbocycles. The van der Waals surface area contributed by atoms with E-state index in [4.69, 9.17) is 0 Å². The summed E-state index contributed by atoms with van der Waals surface area (Å²) in [5, 5.41) is 2.19. The van der Waals surface area contributed by atoms with Crippen LogP contribution in [0.1, 0.15) is 12.5 Å². The summed E-state index contributed by atoms with van der Waals surface area (Å²) >= 11 is 0. The van der Waals surface area contributed by atoms with E-state index >= 15 is 0 Å². The van der Waals surface area contributed by atoms with Crippen molar-refractivity contribution in [3.63, 3.8) is 0 Å². The first-order valence-corrected chi connectivity index (χ1v) is 6.52. The van der Waals surface area contributed by atoms with E-state index in [2.05, 4.69) is 0 Å². The Hall–Kier alpha value is -2.22. The molecule has 0 aliphatic rings. The monoisotopic (exact) mass is 268 g/mol. The fourth-order valence-corrected chi connectivity index (χ4v) is 2.44. The smallest absolute Gasteiger partial charge is 0.202 e. The van der Waals surface area contributed by atoms with E-state index in [0.717, 1.165) is 28.8 Å². The number of halogens is 2. The Bertz CT molecular complexity index is 749. The van der Waals surface area contributed by atoms with Crippen LogP contribution in [0.4, 0.5) is 8.78 Å². The van der Waals surface area contributed by atoms with Crippen LogP contribution in [-0.2, 0) is 5.92 Å². The summed E-state index contributed by atoms with van der Waals surface area (Å²) in [7, 11) is 0. The zero-order valence-corrected chi connectivity index (χ0v) is 11.1. The lowest BCUT2D eigenvalue weighted by Crippen LogP contribution is -2.06. The summed E-state index contributed by atoms with van der Waals surface area (Å²) in [6.07, 6.45) is 0. The standard InChI is InChI=1S/C18H14F2/c1-18(19,20)15-9-4-8-14(12-15)17-11-5-7-13-6-2-3-10-16(13)17/h2-12H,1H3. The van der Waals surface area contributed by atoms with Crippen molar-refractivity contribution in [3.8, 4) is 11.1 Å². The van der Waals surface area contributed by atoms with Crippen molar-refractivity contribution in [2.75, 3.05) is 0 Å². The molecule has 0 nitrogen and oxygen atoms in total. The molecule has 0 amide bonds. The van der Waals surface area contributed by atoms with Crippen molar-refractivity contribution < 1.29 is 8.78 Å². The minimum atomic E-state index is -2.82. The maximum atomic E-state index is 13.5. The van der Waals surface area contributed by atoms with Crippen LogP contribution in [0.3, 0.4) is 0 Å². The molecule has 0 aromatic heterocycles. The van der Waals surface area contributed by atoms with Crippen molar-refractivity contribution in [1.29, 1.82) is 0 Å². The van der Waals surface area contributed by atoms with Gasteiger partial charge in [0, 0.05) is 12.5 Å². The Labute approximate surface area is 116 Å². The maximum absolute atomic E-state index is 13.5. The van der Waals surface area contributed by atoms with Crippen molar-refractivity contribution in [3.05, 3.63) is 72.3 Å². The minimum absolute atomic E-state index is 0.0444. The van der Waals surface area contributed by atoms with Crippen LogP contribution in [0.2, 0.25) is 0 Å². The highest BCUT2D eigenvalue weighted by molar-refractivity contribution is 5.96. The van der Waals surface area contributed by atoms with E-state index < -0.39 is 5.92 Å². The molecule has 0 heterocycles. The van der Waals surface area contributed by atoms with Gasteiger partial charge < -0.3 is 0 Å². The third-order valence-electron chi connectivity index (χ3n) is 3.47. The van der Waals surface area contributed by atoms with Crippen LogP contribution in [0.15, 0.2) is 66.7 Å².